The number of sulfone groups is 1. The van der Waals surface area contributed by atoms with Gasteiger partial charge in [0.2, 0.25) is 0 Å². The molecule has 166 valence electrons. The number of benzene rings is 2. The first-order chi connectivity index (χ1) is 15.3. The van der Waals surface area contributed by atoms with Crippen molar-refractivity contribution in [3.8, 4) is 5.75 Å². The Morgan fingerprint density at radius 3 is 2.69 bits per heavy atom. The van der Waals surface area contributed by atoms with Gasteiger partial charge in [0.05, 0.1) is 27.8 Å². The summed E-state index contributed by atoms with van der Waals surface area (Å²) in [6, 6.07) is 11.7. The highest BCUT2D eigenvalue weighted by molar-refractivity contribution is 8.18. The first-order valence-electron chi connectivity index (χ1n) is 9.90. The zero-order valence-corrected chi connectivity index (χ0v) is 18.8. The topological polar surface area (TPSA) is 110 Å². The number of ether oxygens (including phenoxy) is 1. The molecular formula is C22H20N2O6S2. The second kappa shape index (κ2) is 8.79. The Bertz CT molecular complexity index is 1250. The number of nitrogens with zero attached hydrogens (tertiary/aromatic N) is 1. The number of thioether (sulfide) groups is 1. The Balaban J connectivity index is 1.66. The maximum Gasteiger partial charge on any atom is 0.290 e. The lowest BCUT2D eigenvalue weighted by Gasteiger charge is -2.30. The van der Waals surface area contributed by atoms with Crippen LogP contribution in [0.25, 0.3) is 6.08 Å². The van der Waals surface area contributed by atoms with Crippen LogP contribution in [0.3, 0.4) is 0 Å². The average Bonchev–Trinajstić information content (AvgIpc) is 3.07. The molecule has 2 aromatic rings. The van der Waals surface area contributed by atoms with E-state index in [-0.39, 0.29) is 34.6 Å². The van der Waals surface area contributed by atoms with Gasteiger partial charge in [0, 0.05) is 0 Å². The summed E-state index contributed by atoms with van der Waals surface area (Å²) < 4.78 is 30.4. The highest BCUT2D eigenvalue weighted by Gasteiger charge is 2.28. The van der Waals surface area contributed by atoms with Crippen molar-refractivity contribution in [1.82, 2.24) is 5.32 Å². The Labute approximate surface area is 189 Å². The minimum Gasteiger partial charge on any atom is -0.482 e. The second-order valence-corrected chi connectivity index (χ2v) is 10.4. The van der Waals surface area contributed by atoms with Crippen molar-refractivity contribution in [1.29, 1.82) is 0 Å². The van der Waals surface area contributed by atoms with Crippen molar-refractivity contribution in [3.05, 3.63) is 58.5 Å². The van der Waals surface area contributed by atoms with E-state index in [0.717, 1.165) is 11.8 Å². The largest absolute Gasteiger partial charge is 0.482 e. The quantitative estimate of drug-likeness (QED) is 0.643. The molecule has 10 heteroatoms. The lowest BCUT2D eigenvalue weighted by Crippen LogP contribution is -2.38. The number of anilines is 1. The fraction of sp³-hybridized carbons (Fsp3) is 0.227. The molecule has 8 nitrogen and oxygen atoms in total. The maximum atomic E-state index is 12.7. The van der Waals surface area contributed by atoms with Crippen LogP contribution in [0.1, 0.15) is 24.5 Å². The second-order valence-electron chi connectivity index (χ2n) is 7.31. The molecule has 2 heterocycles. The number of hydrogen-bond acceptors (Lipinski definition) is 7. The molecule has 0 aromatic heterocycles. The van der Waals surface area contributed by atoms with Gasteiger partial charge in [-0.15, -0.1) is 0 Å². The zero-order chi connectivity index (χ0) is 22.9. The Morgan fingerprint density at radius 1 is 1.16 bits per heavy atom. The molecule has 0 saturated carbocycles. The van der Waals surface area contributed by atoms with Gasteiger partial charge in [-0.25, -0.2) is 8.42 Å². The molecule has 0 atom stereocenters. The molecule has 32 heavy (non-hydrogen) atoms. The van der Waals surface area contributed by atoms with E-state index in [0.29, 0.717) is 29.0 Å². The van der Waals surface area contributed by atoms with Crippen LogP contribution >= 0.6 is 11.8 Å². The van der Waals surface area contributed by atoms with Crippen LogP contribution in [0.5, 0.6) is 5.75 Å². The predicted molar refractivity (Wildman–Crippen MR) is 121 cm³/mol. The summed E-state index contributed by atoms with van der Waals surface area (Å²) in [6.45, 7) is 1.84. The summed E-state index contributed by atoms with van der Waals surface area (Å²) in [7, 11) is -3.38. The van der Waals surface area contributed by atoms with E-state index in [9.17, 15) is 22.8 Å². The third-order valence-electron chi connectivity index (χ3n) is 4.94. The van der Waals surface area contributed by atoms with Gasteiger partial charge in [0.15, 0.2) is 16.4 Å². The molecule has 0 radical (unpaired) electrons. The molecule has 0 spiro atoms. The van der Waals surface area contributed by atoms with Gasteiger partial charge in [-0.2, -0.15) is 0 Å². The number of carbonyl (C=O) groups excluding carboxylic acids is 3. The summed E-state index contributed by atoms with van der Waals surface area (Å²) in [6.07, 6.45) is 2.09. The molecule has 1 N–H and O–H groups in total. The van der Waals surface area contributed by atoms with Crippen molar-refractivity contribution < 1.29 is 27.5 Å². The Kier molecular flexibility index (Phi) is 6.07. The van der Waals surface area contributed by atoms with Gasteiger partial charge in [0.25, 0.3) is 17.1 Å². The molecule has 2 aliphatic heterocycles. The zero-order valence-electron chi connectivity index (χ0n) is 17.2. The first-order valence-corrected chi connectivity index (χ1v) is 12.4. The van der Waals surface area contributed by atoms with E-state index < -0.39 is 21.0 Å². The number of carbonyl (C=O) groups is 3. The highest BCUT2D eigenvalue weighted by Crippen LogP contribution is 2.36. The summed E-state index contributed by atoms with van der Waals surface area (Å²) >= 11 is 0.811. The number of imide groups is 1. The van der Waals surface area contributed by atoms with Crippen LogP contribution in [-0.2, 0) is 26.0 Å². The molecule has 1 saturated heterocycles. The van der Waals surface area contributed by atoms with Gasteiger partial charge < -0.3 is 9.64 Å². The van der Waals surface area contributed by atoms with Crippen molar-refractivity contribution >= 4 is 50.4 Å². The highest BCUT2D eigenvalue weighted by atomic mass is 32.2. The molecule has 1 fully saturated rings. The maximum absolute atomic E-state index is 12.7. The van der Waals surface area contributed by atoms with Crippen LogP contribution in [-0.4, -0.2) is 37.8 Å². The van der Waals surface area contributed by atoms with Crippen molar-refractivity contribution in [2.45, 2.75) is 24.8 Å². The van der Waals surface area contributed by atoms with Crippen molar-refractivity contribution in [3.63, 3.8) is 0 Å². The van der Waals surface area contributed by atoms with Crippen molar-refractivity contribution in [2.24, 2.45) is 0 Å². The minimum absolute atomic E-state index is 0.0574. The molecule has 3 amide bonds. The fourth-order valence-electron chi connectivity index (χ4n) is 3.46. The van der Waals surface area contributed by atoms with Crippen LogP contribution < -0.4 is 15.0 Å². The summed E-state index contributed by atoms with van der Waals surface area (Å²) in [5, 5.41) is 1.77. The van der Waals surface area contributed by atoms with Gasteiger partial charge in [-0.3, -0.25) is 19.7 Å². The average molecular weight is 473 g/mol. The normalized spacial score (nSPS) is 17.3. The third-order valence-corrected chi connectivity index (χ3v) is 7.67. The summed E-state index contributed by atoms with van der Waals surface area (Å²) in [5.41, 5.74) is 1.80. The molecule has 0 aliphatic carbocycles. The Morgan fingerprint density at radius 2 is 1.97 bits per heavy atom. The fourth-order valence-corrected chi connectivity index (χ4v) is 5.53. The van der Waals surface area contributed by atoms with Crippen molar-refractivity contribution in [2.75, 3.05) is 17.3 Å². The first kappa shape index (κ1) is 22.1. The lowest BCUT2D eigenvalue weighted by atomic mass is 10.1. The molecule has 2 aliphatic rings. The van der Waals surface area contributed by atoms with Crippen LogP contribution in [0.2, 0.25) is 0 Å². The monoisotopic (exact) mass is 472 g/mol. The molecule has 0 bridgehead atoms. The minimum atomic E-state index is -3.38. The molecular weight excluding hydrogens is 452 g/mol. The number of fused-ring (bicyclic) bond motifs is 1. The predicted octanol–water partition coefficient (Wildman–Crippen LogP) is 3.12. The SMILES string of the molecule is CCCS(=O)(=O)c1cccc(CN2C(=O)COc3ccc(C=C4SC(=O)NC4=O)cc32)c1. The van der Waals surface area contributed by atoms with E-state index in [1.54, 1.807) is 55.5 Å². The van der Waals surface area contributed by atoms with E-state index in [2.05, 4.69) is 5.32 Å². The van der Waals surface area contributed by atoms with E-state index in [1.807, 2.05) is 0 Å². The molecule has 2 aromatic carbocycles. The number of amides is 3. The lowest BCUT2D eigenvalue weighted by molar-refractivity contribution is -0.121. The molecule has 4 rings (SSSR count). The smallest absolute Gasteiger partial charge is 0.290 e. The number of rotatable bonds is 6. The summed E-state index contributed by atoms with van der Waals surface area (Å²) in [5.74, 6) is -0.178. The van der Waals surface area contributed by atoms with E-state index >= 15 is 0 Å². The summed E-state index contributed by atoms with van der Waals surface area (Å²) in [4.78, 5) is 37.9. The number of hydrogen-bond donors (Lipinski definition) is 1. The van der Waals surface area contributed by atoms with Crippen LogP contribution in [0.4, 0.5) is 10.5 Å². The molecule has 0 unspecified atom stereocenters. The third kappa shape index (κ3) is 4.56. The van der Waals surface area contributed by atoms with E-state index in [1.165, 1.54) is 4.90 Å². The van der Waals surface area contributed by atoms with Gasteiger partial charge in [0.1, 0.15) is 5.75 Å². The standard InChI is InChI=1S/C22H20N2O6S2/c1-2-8-32(28,29)16-5-3-4-15(9-16)12-24-17-10-14(6-7-18(17)30-13-20(24)25)11-19-21(26)23-22(27)31-19/h3-7,9-11H,2,8,12-13H2,1H3,(H,23,26,27). The van der Waals surface area contributed by atoms with E-state index in [4.69, 9.17) is 4.74 Å². The van der Waals surface area contributed by atoms with Gasteiger partial charge in [-0.05, 0) is 59.7 Å². The Hall–Kier alpha value is -3.11. The van der Waals surface area contributed by atoms with Gasteiger partial charge >= 0.3 is 0 Å². The van der Waals surface area contributed by atoms with Crippen LogP contribution in [0.15, 0.2) is 52.3 Å². The van der Waals surface area contributed by atoms with Gasteiger partial charge in [-0.1, -0.05) is 25.1 Å². The number of nitrogens with one attached hydrogen (secondary N) is 1. The van der Waals surface area contributed by atoms with Crippen LogP contribution in [0, 0.1) is 0 Å².